The van der Waals surface area contributed by atoms with Crippen LogP contribution in [-0.2, 0) is 10.0 Å². The van der Waals surface area contributed by atoms with Gasteiger partial charge in [-0.3, -0.25) is 4.79 Å². The standard InChI is InChI=1S/C23H26N4O4S/c1-31-21-12-7-6-11-19(21)22-20(17-27(24-22)18-9-4-3-5-10-18)23(28)25-13-8-14-26(16-15-25)32(2,29)30/h3-7,9-12,17H,8,13-16H2,1-2H3. The van der Waals surface area contributed by atoms with Crippen LogP contribution in [0.1, 0.15) is 16.8 Å². The second kappa shape index (κ2) is 9.13. The third-order valence-corrected chi connectivity index (χ3v) is 6.84. The maximum absolute atomic E-state index is 13.6. The van der Waals surface area contributed by atoms with E-state index in [2.05, 4.69) is 0 Å². The Morgan fingerprint density at radius 1 is 0.969 bits per heavy atom. The second-order valence-electron chi connectivity index (χ2n) is 7.68. The number of para-hydroxylation sites is 2. The molecule has 1 aromatic heterocycles. The number of carbonyl (C=O) groups is 1. The number of hydrogen-bond acceptors (Lipinski definition) is 5. The zero-order chi connectivity index (χ0) is 22.7. The quantitative estimate of drug-likeness (QED) is 0.592. The van der Waals surface area contributed by atoms with Crippen LogP contribution in [0, 0.1) is 0 Å². The summed E-state index contributed by atoms with van der Waals surface area (Å²) in [5, 5.41) is 4.74. The lowest BCUT2D eigenvalue weighted by Gasteiger charge is -2.21. The van der Waals surface area contributed by atoms with Crippen molar-refractivity contribution in [2.75, 3.05) is 39.5 Å². The molecule has 3 aromatic rings. The van der Waals surface area contributed by atoms with Crippen molar-refractivity contribution in [3.63, 3.8) is 0 Å². The number of rotatable bonds is 5. The number of sulfonamides is 1. The van der Waals surface area contributed by atoms with E-state index in [1.807, 2.05) is 54.6 Å². The molecule has 2 aromatic carbocycles. The number of aromatic nitrogens is 2. The molecular weight excluding hydrogens is 428 g/mol. The third-order valence-electron chi connectivity index (χ3n) is 5.54. The summed E-state index contributed by atoms with van der Waals surface area (Å²) >= 11 is 0. The molecule has 4 rings (SSSR count). The van der Waals surface area contributed by atoms with Crippen molar-refractivity contribution in [2.45, 2.75) is 6.42 Å². The highest BCUT2D eigenvalue weighted by molar-refractivity contribution is 7.88. The first-order chi connectivity index (χ1) is 15.4. The molecule has 1 saturated heterocycles. The molecule has 0 spiro atoms. The van der Waals surface area contributed by atoms with E-state index in [0.717, 1.165) is 11.3 Å². The van der Waals surface area contributed by atoms with Crippen LogP contribution in [-0.4, -0.2) is 72.9 Å². The minimum Gasteiger partial charge on any atom is -0.496 e. The van der Waals surface area contributed by atoms with Crippen molar-refractivity contribution in [1.82, 2.24) is 19.0 Å². The molecule has 2 heterocycles. The molecule has 32 heavy (non-hydrogen) atoms. The Balaban J connectivity index is 1.74. The number of ether oxygens (including phenoxy) is 1. The Morgan fingerprint density at radius 2 is 1.69 bits per heavy atom. The van der Waals surface area contributed by atoms with Crippen LogP contribution in [0.25, 0.3) is 16.9 Å². The summed E-state index contributed by atoms with van der Waals surface area (Å²) in [4.78, 5) is 15.3. The summed E-state index contributed by atoms with van der Waals surface area (Å²) in [5.41, 5.74) is 2.54. The predicted molar refractivity (Wildman–Crippen MR) is 122 cm³/mol. The molecule has 168 valence electrons. The van der Waals surface area contributed by atoms with Gasteiger partial charge in [-0.2, -0.15) is 5.10 Å². The molecule has 1 fully saturated rings. The SMILES string of the molecule is COc1ccccc1-c1nn(-c2ccccc2)cc1C(=O)N1CCCN(S(C)(=O)=O)CC1. The highest BCUT2D eigenvalue weighted by Crippen LogP contribution is 2.32. The summed E-state index contributed by atoms with van der Waals surface area (Å²) in [5.74, 6) is 0.447. The lowest BCUT2D eigenvalue weighted by molar-refractivity contribution is 0.0765. The van der Waals surface area contributed by atoms with Crippen LogP contribution in [0.5, 0.6) is 5.75 Å². The summed E-state index contributed by atoms with van der Waals surface area (Å²) in [6.07, 6.45) is 3.52. The topological polar surface area (TPSA) is 84.7 Å². The molecule has 0 unspecified atom stereocenters. The molecule has 1 amide bonds. The highest BCUT2D eigenvalue weighted by atomic mass is 32.2. The first-order valence-electron chi connectivity index (χ1n) is 10.4. The van der Waals surface area contributed by atoms with Gasteiger partial charge >= 0.3 is 0 Å². The van der Waals surface area contributed by atoms with E-state index in [4.69, 9.17) is 9.84 Å². The molecule has 9 heteroatoms. The van der Waals surface area contributed by atoms with E-state index in [1.165, 1.54) is 10.6 Å². The van der Waals surface area contributed by atoms with Gasteiger partial charge in [-0.15, -0.1) is 0 Å². The Kier molecular flexibility index (Phi) is 6.29. The molecule has 1 aliphatic heterocycles. The fraction of sp³-hybridized carbons (Fsp3) is 0.304. The maximum Gasteiger partial charge on any atom is 0.257 e. The normalized spacial score (nSPS) is 15.4. The Hall–Kier alpha value is -3.17. The fourth-order valence-electron chi connectivity index (χ4n) is 3.88. The van der Waals surface area contributed by atoms with Crippen LogP contribution in [0.2, 0.25) is 0 Å². The first-order valence-corrected chi connectivity index (χ1v) is 12.3. The maximum atomic E-state index is 13.6. The van der Waals surface area contributed by atoms with Gasteiger partial charge in [0.2, 0.25) is 10.0 Å². The van der Waals surface area contributed by atoms with Gasteiger partial charge in [0.1, 0.15) is 11.4 Å². The number of nitrogens with zero attached hydrogens (tertiary/aromatic N) is 4. The molecular formula is C23H26N4O4S. The number of hydrogen-bond donors (Lipinski definition) is 0. The third kappa shape index (κ3) is 4.53. The monoisotopic (exact) mass is 454 g/mol. The molecule has 0 aliphatic carbocycles. The van der Waals surface area contributed by atoms with Crippen LogP contribution < -0.4 is 4.74 Å². The average molecular weight is 455 g/mol. The van der Waals surface area contributed by atoms with Gasteiger partial charge in [-0.1, -0.05) is 30.3 Å². The zero-order valence-electron chi connectivity index (χ0n) is 18.1. The van der Waals surface area contributed by atoms with Gasteiger partial charge in [-0.05, 0) is 30.7 Å². The van der Waals surface area contributed by atoms with Gasteiger partial charge in [0.25, 0.3) is 5.91 Å². The van der Waals surface area contributed by atoms with Gasteiger partial charge in [0, 0.05) is 37.9 Å². The van der Waals surface area contributed by atoms with Gasteiger partial charge in [0.15, 0.2) is 0 Å². The molecule has 0 radical (unpaired) electrons. The lowest BCUT2D eigenvalue weighted by atomic mass is 10.1. The fourth-order valence-corrected chi connectivity index (χ4v) is 4.76. The van der Waals surface area contributed by atoms with E-state index in [0.29, 0.717) is 43.1 Å². The van der Waals surface area contributed by atoms with Gasteiger partial charge in [0.05, 0.1) is 24.6 Å². The first kappa shape index (κ1) is 22.0. The largest absolute Gasteiger partial charge is 0.496 e. The smallest absolute Gasteiger partial charge is 0.257 e. The summed E-state index contributed by atoms with van der Waals surface area (Å²) in [6.45, 7) is 1.49. The minimum absolute atomic E-state index is 0.177. The van der Waals surface area contributed by atoms with E-state index >= 15 is 0 Å². The number of benzene rings is 2. The van der Waals surface area contributed by atoms with Crippen LogP contribution >= 0.6 is 0 Å². The minimum atomic E-state index is -3.29. The second-order valence-corrected chi connectivity index (χ2v) is 9.66. The molecule has 0 bridgehead atoms. The van der Waals surface area contributed by atoms with Crippen molar-refractivity contribution in [3.8, 4) is 22.7 Å². The summed E-state index contributed by atoms with van der Waals surface area (Å²) < 4.78 is 32.5. The van der Waals surface area contributed by atoms with Crippen molar-refractivity contribution >= 4 is 15.9 Å². The Labute approximate surface area is 188 Å². The van der Waals surface area contributed by atoms with Gasteiger partial charge < -0.3 is 9.64 Å². The van der Waals surface area contributed by atoms with Gasteiger partial charge in [-0.25, -0.2) is 17.4 Å². The van der Waals surface area contributed by atoms with Crippen LogP contribution in [0.15, 0.2) is 60.8 Å². The Bertz CT molecular complexity index is 1210. The summed E-state index contributed by atoms with van der Waals surface area (Å²) in [7, 11) is -1.71. The average Bonchev–Trinajstić information content (AvgIpc) is 3.08. The van der Waals surface area contributed by atoms with E-state index < -0.39 is 10.0 Å². The number of carbonyl (C=O) groups excluding carboxylic acids is 1. The molecule has 0 saturated carbocycles. The molecule has 1 aliphatic rings. The number of methoxy groups -OCH3 is 1. The van der Waals surface area contributed by atoms with E-state index in [1.54, 1.807) is 22.9 Å². The number of amides is 1. The van der Waals surface area contributed by atoms with Crippen molar-refractivity contribution in [2.24, 2.45) is 0 Å². The molecule has 0 N–H and O–H groups in total. The molecule has 8 nitrogen and oxygen atoms in total. The van der Waals surface area contributed by atoms with E-state index in [-0.39, 0.29) is 12.5 Å². The Morgan fingerprint density at radius 3 is 2.41 bits per heavy atom. The summed E-state index contributed by atoms with van der Waals surface area (Å²) in [6, 6.07) is 17.0. The highest BCUT2D eigenvalue weighted by Gasteiger charge is 2.28. The van der Waals surface area contributed by atoms with Crippen molar-refractivity contribution in [3.05, 3.63) is 66.4 Å². The lowest BCUT2D eigenvalue weighted by Crippen LogP contribution is -2.37. The van der Waals surface area contributed by atoms with Crippen LogP contribution in [0.3, 0.4) is 0 Å². The molecule has 0 atom stereocenters. The van der Waals surface area contributed by atoms with Crippen LogP contribution in [0.4, 0.5) is 0 Å². The van der Waals surface area contributed by atoms with Crippen molar-refractivity contribution < 1.29 is 17.9 Å². The van der Waals surface area contributed by atoms with Crippen molar-refractivity contribution in [1.29, 1.82) is 0 Å². The zero-order valence-corrected chi connectivity index (χ0v) is 19.0. The van der Waals surface area contributed by atoms with E-state index in [9.17, 15) is 13.2 Å². The predicted octanol–water partition coefficient (Wildman–Crippen LogP) is 2.66.